The van der Waals surface area contributed by atoms with Crippen LogP contribution in [0.25, 0.3) is 0 Å². The van der Waals surface area contributed by atoms with E-state index in [-0.39, 0.29) is 40.8 Å². The molecular weight excluding hydrogens is 366 g/mol. The summed E-state index contributed by atoms with van der Waals surface area (Å²) in [5, 5.41) is 23.1. The molecule has 0 aliphatic heterocycles. The molecule has 166 valence electrons. The molecule has 4 fully saturated rings. The fraction of sp³-hybridized carbons (Fsp3) is 0.958. The molecule has 1 amide bonds. The van der Waals surface area contributed by atoms with Gasteiger partial charge in [0.25, 0.3) is 0 Å². The van der Waals surface area contributed by atoms with Crippen LogP contribution in [0.15, 0.2) is 0 Å². The fourth-order valence-electron chi connectivity index (χ4n) is 8.60. The topological polar surface area (TPSA) is 70.0 Å². The van der Waals surface area contributed by atoms with Crippen molar-refractivity contribution < 1.29 is 19.8 Å². The van der Waals surface area contributed by atoms with E-state index in [1.807, 2.05) is 6.92 Å². The van der Waals surface area contributed by atoms with Crippen LogP contribution in [-0.2, 0) is 9.63 Å². The van der Waals surface area contributed by atoms with Crippen LogP contribution in [0, 0.1) is 46.3 Å². The number of rotatable bonds is 3. The van der Waals surface area contributed by atoms with Crippen molar-refractivity contribution >= 4 is 5.91 Å². The highest BCUT2D eigenvalue weighted by molar-refractivity contribution is 5.77. The van der Waals surface area contributed by atoms with Crippen molar-refractivity contribution in [3.05, 3.63) is 0 Å². The molecular formula is C24H41NO4. The van der Waals surface area contributed by atoms with Crippen LogP contribution in [0.1, 0.15) is 72.1 Å². The van der Waals surface area contributed by atoms with Crippen LogP contribution >= 0.6 is 0 Å². The maximum absolute atomic E-state index is 12.8. The van der Waals surface area contributed by atoms with Crippen LogP contribution in [0.4, 0.5) is 0 Å². The van der Waals surface area contributed by atoms with E-state index in [1.165, 1.54) is 25.0 Å². The monoisotopic (exact) mass is 407 g/mol. The quantitative estimate of drug-likeness (QED) is 0.701. The molecule has 0 heterocycles. The maximum Gasteiger partial charge on any atom is 0.248 e. The van der Waals surface area contributed by atoms with Crippen LogP contribution < -0.4 is 0 Å². The van der Waals surface area contributed by atoms with Gasteiger partial charge in [-0.15, -0.1) is 0 Å². The number of hydroxylamine groups is 2. The van der Waals surface area contributed by atoms with Gasteiger partial charge in [-0.25, -0.2) is 5.06 Å². The summed E-state index contributed by atoms with van der Waals surface area (Å²) >= 11 is 0. The molecule has 10 atom stereocenters. The summed E-state index contributed by atoms with van der Waals surface area (Å²) in [5.74, 6) is 2.36. The Balaban J connectivity index is 1.60. The Morgan fingerprint density at radius 1 is 1.07 bits per heavy atom. The highest BCUT2D eigenvalue weighted by Gasteiger charge is 2.64. The molecule has 0 spiro atoms. The average molecular weight is 408 g/mol. The van der Waals surface area contributed by atoms with Gasteiger partial charge in [0, 0.05) is 18.4 Å². The van der Waals surface area contributed by atoms with Crippen molar-refractivity contribution in [3.63, 3.8) is 0 Å². The molecule has 5 nitrogen and oxygen atoms in total. The lowest BCUT2D eigenvalue weighted by atomic mass is 9.43. The summed E-state index contributed by atoms with van der Waals surface area (Å²) in [7, 11) is 3.21. The number of hydrogen-bond acceptors (Lipinski definition) is 4. The zero-order valence-electron chi connectivity index (χ0n) is 18.9. The lowest BCUT2D eigenvalue weighted by Crippen LogP contribution is -2.59. The third-order valence-electron chi connectivity index (χ3n) is 10.4. The molecule has 0 aromatic rings. The molecule has 4 saturated carbocycles. The van der Waals surface area contributed by atoms with Crippen LogP contribution in [0.3, 0.4) is 0 Å². The Bertz CT molecular complexity index is 640. The zero-order valence-corrected chi connectivity index (χ0v) is 18.9. The minimum Gasteiger partial charge on any atom is -0.393 e. The molecule has 4 aliphatic rings. The van der Waals surface area contributed by atoms with Gasteiger partial charge in [0.15, 0.2) is 0 Å². The van der Waals surface area contributed by atoms with Crippen molar-refractivity contribution in [2.45, 2.75) is 84.3 Å². The third-order valence-corrected chi connectivity index (χ3v) is 10.4. The van der Waals surface area contributed by atoms with E-state index in [1.54, 1.807) is 7.05 Å². The van der Waals surface area contributed by atoms with Gasteiger partial charge in [0.1, 0.15) is 0 Å². The third kappa shape index (κ3) is 3.10. The van der Waals surface area contributed by atoms with Gasteiger partial charge in [-0.3, -0.25) is 9.63 Å². The maximum atomic E-state index is 12.8. The Morgan fingerprint density at radius 2 is 1.79 bits per heavy atom. The van der Waals surface area contributed by atoms with Gasteiger partial charge in [-0.05, 0) is 86.4 Å². The van der Waals surface area contributed by atoms with E-state index in [0.29, 0.717) is 23.7 Å². The smallest absolute Gasteiger partial charge is 0.248 e. The van der Waals surface area contributed by atoms with Crippen LogP contribution in [0.2, 0.25) is 0 Å². The normalized spacial score (nSPS) is 50.2. The predicted octanol–water partition coefficient (Wildman–Crippen LogP) is 3.63. The average Bonchev–Trinajstić information content (AvgIpc) is 3.06. The number of amides is 1. The predicted molar refractivity (Wildman–Crippen MR) is 112 cm³/mol. The number of hydrogen-bond donors (Lipinski definition) is 2. The van der Waals surface area contributed by atoms with Crippen molar-refractivity contribution in [2.75, 3.05) is 14.2 Å². The van der Waals surface area contributed by atoms with Crippen LogP contribution in [0.5, 0.6) is 0 Å². The number of aliphatic hydroxyl groups excluding tert-OH is 2. The lowest BCUT2D eigenvalue weighted by Gasteiger charge is -2.62. The highest BCUT2D eigenvalue weighted by Crippen LogP contribution is 2.68. The van der Waals surface area contributed by atoms with E-state index in [0.717, 1.165) is 38.5 Å². The first-order valence-corrected chi connectivity index (χ1v) is 11.8. The molecule has 4 rings (SSSR count). The number of fused-ring (bicyclic) bond motifs is 5. The Hall–Kier alpha value is -0.650. The minimum absolute atomic E-state index is 0.0191. The van der Waals surface area contributed by atoms with E-state index in [4.69, 9.17) is 4.84 Å². The van der Waals surface area contributed by atoms with Gasteiger partial charge in [0.2, 0.25) is 5.91 Å². The van der Waals surface area contributed by atoms with Crippen molar-refractivity contribution in [2.24, 2.45) is 46.3 Å². The van der Waals surface area contributed by atoms with Crippen LogP contribution in [-0.4, -0.2) is 47.5 Å². The van der Waals surface area contributed by atoms with E-state index in [2.05, 4.69) is 13.8 Å². The summed E-state index contributed by atoms with van der Waals surface area (Å²) < 4.78 is 0. The first kappa shape index (κ1) is 21.6. The standard InChI is InChI=1S/C24H41NO4/c1-14(22(28)25(4)29-5)18-8-9-19-17-7-6-15-12-16(26)10-11-23(15,2)20(17)13-21(27)24(18,19)3/h14-21,26-27H,6-13H2,1-5H3/t14?,15?,16-,17?,18?,19?,20?,21+,23?,24?/m1/s1. The summed E-state index contributed by atoms with van der Waals surface area (Å²) in [4.78, 5) is 18.0. The van der Waals surface area contributed by atoms with E-state index < -0.39 is 0 Å². The van der Waals surface area contributed by atoms with Gasteiger partial charge < -0.3 is 10.2 Å². The molecule has 0 radical (unpaired) electrons. The van der Waals surface area contributed by atoms with Crippen molar-refractivity contribution in [3.8, 4) is 0 Å². The number of nitrogens with zero attached hydrogens (tertiary/aromatic N) is 1. The fourth-order valence-corrected chi connectivity index (χ4v) is 8.60. The SMILES string of the molecule is CON(C)C(=O)C(C)C1CCC2C3CCC4C[C@H](O)CCC4(C)C3C[C@H](O)C12C. The highest BCUT2D eigenvalue weighted by atomic mass is 16.7. The second-order valence-electron chi connectivity index (χ2n) is 11.2. The van der Waals surface area contributed by atoms with Crippen molar-refractivity contribution in [1.29, 1.82) is 0 Å². The molecule has 8 unspecified atom stereocenters. The molecule has 29 heavy (non-hydrogen) atoms. The summed E-state index contributed by atoms with van der Waals surface area (Å²) in [6, 6.07) is 0. The van der Waals surface area contributed by atoms with E-state index in [9.17, 15) is 15.0 Å². The van der Waals surface area contributed by atoms with Crippen molar-refractivity contribution in [1.82, 2.24) is 5.06 Å². The molecule has 4 aliphatic carbocycles. The second-order valence-corrected chi connectivity index (χ2v) is 11.2. The summed E-state index contributed by atoms with van der Waals surface area (Å²) in [6.07, 6.45) is 7.88. The van der Waals surface area contributed by atoms with Gasteiger partial charge >= 0.3 is 0 Å². The second kappa shape index (κ2) is 7.49. The summed E-state index contributed by atoms with van der Waals surface area (Å²) in [6.45, 7) is 6.74. The van der Waals surface area contributed by atoms with Gasteiger partial charge in [-0.1, -0.05) is 20.8 Å². The molecule has 0 saturated heterocycles. The first-order chi connectivity index (χ1) is 13.6. The van der Waals surface area contributed by atoms with Gasteiger partial charge in [-0.2, -0.15) is 0 Å². The Morgan fingerprint density at radius 3 is 2.48 bits per heavy atom. The molecule has 5 heteroatoms. The van der Waals surface area contributed by atoms with Gasteiger partial charge in [0.05, 0.1) is 19.3 Å². The molecule has 0 aromatic heterocycles. The van der Waals surface area contributed by atoms with E-state index >= 15 is 0 Å². The Kier molecular flexibility index (Phi) is 5.57. The largest absolute Gasteiger partial charge is 0.393 e. The minimum atomic E-state index is -0.355. The number of carbonyl (C=O) groups is 1. The Labute approximate surface area is 176 Å². The lowest BCUT2D eigenvalue weighted by molar-refractivity contribution is -0.188. The first-order valence-electron chi connectivity index (χ1n) is 11.8. The zero-order chi connectivity index (χ0) is 21.1. The number of carbonyl (C=O) groups excluding carboxylic acids is 1. The molecule has 0 bridgehead atoms. The molecule has 0 aromatic carbocycles. The summed E-state index contributed by atoms with van der Waals surface area (Å²) in [5.41, 5.74) is 0.0580. The molecule has 2 N–H and O–H groups in total. The number of aliphatic hydroxyl groups is 2.